The lowest BCUT2D eigenvalue weighted by atomic mass is 10.0. The Balaban J connectivity index is 2.20. The van der Waals surface area contributed by atoms with E-state index in [1.807, 2.05) is 0 Å². The van der Waals surface area contributed by atoms with E-state index in [1.165, 1.54) is 4.31 Å². The molecule has 1 unspecified atom stereocenters. The summed E-state index contributed by atoms with van der Waals surface area (Å²) in [4.78, 5) is 0.200. The predicted molar refractivity (Wildman–Crippen MR) is 82.5 cm³/mol. The Morgan fingerprint density at radius 1 is 1.57 bits per heavy atom. The molecule has 0 aliphatic carbocycles. The van der Waals surface area contributed by atoms with Crippen LogP contribution in [-0.2, 0) is 21.3 Å². The van der Waals surface area contributed by atoms with Crippen LogP contribution in [0, 0.1) is 5.92 Å². The average molecular weight is 381 g/mol. The highest BCUT2D eigenvalue weighted by molar-refractivity contribution is 9.10. The first-order valence-corrected chi connectivity index (χ1v) is 9.14. The smallest absolute Gasteiger partial charge is 0.247 e. The molecule has 1 aromatic rings. The van der Waals surface area contributed by atoms with Gasteiger partial charge in [-0.05, 0) is 41.7 Å². The monoisotopic (exact) mass is 380 g/mol. The first-order chi connectivity index (χ1) is 9.98. The highest BCUT2D eigenvalue weighted by atomic mass is 79.9. The molecule has 0 aromatic carbocycles. The van der Waals surface area contributed by atoms with E-state index < -0.39 is 10.0 Å². The summed E-state index contributed by atoms with van der Waals surface area (Å²) in [7, 11) is -0.107. The SMILES string of the molecule is CNCc1cc(S(=O)(=O)N2CCCC(COC)C2)c(Br)o1. The van der Waals surface area contributed by atoms with Crippen molar-refractivity contribution in [1.29, 1.82) is 0 Å². The Kier molecular flexibility index (Phi) is 5.84. The van der Waals surface area contributed by atoms with Gasteiger partial charge in [0, 0.05) is 26.3 Å². The zero-order valence-corrected chi connectivity index (χ0v) is 14.7. The molecule has 2 heterocycles. The minimum atomic E-state index is -3.53. The summed E-state index contributed by atoms with van der Waals surface area (Å²) in [5.41, 5.74) is 0. The molecule has 0 radical (unpaired) electrons. The van der Waals surface area contributed by atoms with Crippen molar-refractivity contribution in [1.82, 2.24) is 9.62 Å². The zero-order chi connectivity index (χ0) is 15.5. The van der Waals surface area contributed by atoms with Crippen molar-refractivity contribution in [2.75, 3.05) is 33.9 Å². The lowest BCUT2D eigenvalue weighted by Crippen LogP contribution is -2.41. The Morgan fingerprint density at radius 2 is 2.33 bits per heavy atom. The van der Waals surface area contributed by atoms with Crippen LogP contribution in [0.3, 0.4) is 0 Å². The van der Waals surface area contributed by atoms with Crippen LogP contribution in [0.2, 0.25) is 0 Å². The first-order valence-electron chi connectivity index (χ1n) is 6.91. The van der Waals surface area contributed by atoms with Gasteiger partial charge in [0.05, 0.1) is 13.2 Å². The molecule has 0 amide bonds. The molecule has 2 rings (SSSR count). The molecule has 1 atom stereocenters. The van der Waals surface area contributed by atoms with Gasteiger partial charge < -0.3 is 14.5 Å². The van der Waals surface area contributed by atoms with E-state index in [9.17, 15) is 8.42 Å². The Morgan fingerprint density at radius 3 is 3.00 bits per heavy atom. The lowest BCUT2D eigenvalue weighted by Gasteiger charge is -2.31. The normalized spacial score (nSPS) is 20.8. The molecule has 0 saturated carbocycles. The fourth-order valence-electron chi connectivity index (χ4n) is 2.59. The van der Waals surface area contributed by atoms with Crippen LogP contribution in [0.4, 0.5) is 0 Å². The third-order valence-corrected chi connectivity index (χ3v) is 6.28. The standard InChI is InChI=1S/C13H21BrN2O4S/c1-15-7-11-6-12(13(14)20-11)21(17,18)16-5-3-4-10(8-16)9-19-2/h6,10,15H,3-5,7-9H2,1-2H3. The molecular formula is C13H21BrN2O4S. The Bertz CT molecular complexity index is 571. The number of piperidine rings is 1. The molecule has 8 heteroatoms. The molecule has 1 saturated heterocycles. The van der Waals surface area contributed by atoms with Gasteiger partial charge in [0.1, 0.15) is 10.7 Å². The number of methoxy groups -OCH3 is 1. The first kappa shape index (κ1) is 17.0. The predicted octanol–water partition coefficient (Wildman–Crippen LogP) is 1.81. The molecule has 120 valence electrons. The van der Waals surface area contributed by atoms with E-state index in [2.05, 4.69) is 21.2 Å². The third kappa shape index (κ3) is 3.87. The molecule has 0 spiro atoms. The average Bonchev–Trinajstić information content (AvgIpc) is 2.81. The molecule has 1 aliphatic rings. The highest BCUT2D eigenvalue weighted by Gasteiger charge is 2.33. The van der Waals surface area contributed by atoms with E-state index in [-0.39, 0.29) is 15.5 Å². The Hall–Kier alpha value is -0.410. The third-order valence-electron chi connectivity index (χ3n) is 3.56. The van der Waals surface area contributed by atoms with Crippen molar-refractivity contribution < 1.29 is 17.6 Å². The maximum absolute atomic E-state index is 12.8. The second-order valence-electron chi connectivity index (χ2n) is 5.21. The van der Waals surface area contributed by atoms with Gasteiger partial charge in [-0.1, -0.05) is 0 Å². The van der Waals surface area contributed by atoms with Crippen LogP contribution in [-0.4, -0.2) is 46.6 Å². The van der Waals surface area contributed by atoms with E-state index >= 15 is 0 Å². The topological polar surface area (TPSA) is 71.8 Å². The van der Waals surface area contributed by atoms with E-state index in [0.29, 0.717) is 32.0 Å². The van der Waals surface area contributed by atoms with Crippen LogP contribution in [0.5, 0.6) is 0 Å². The van der Waals surface area contributed by atoms with Gasteiger partial charge in [-0.25, -0.2) is 8.42 Å². The molecule has 1 fully saturated rings. The van der Waals surface area contributed by atoms with Gasteiger partial charge in [0.25, 0.3) is 0 Å². The number of nitrogens with zero attached hydrogens (tertiary/aromatic N) is 1. The van der Waals surface area contributed by atoms with Crippen molar-refractivity contribution in [3.8, 4) is 0 Å². The lowest BCUT2D eigenvalue weighted by molar-refractivity contribution is 0.118. The molecule has 1 aromatic heterocycles. The van der Waals surface area contributed by atoms with Crippen molar-refractivity contribution in [2.24, 2.45) is 5.92 Å². The minimum absolute atomic E-state index is 0.200. The van der Waals surface area contributed by atoms with Gasteiger partial charge in [0.15, 0.2) is 4.67 Å². The number of furan rings is 1. The highest BCUT2D eigenvalue weighted by Crippen LogP contribution is 2.31. The van der Waals surface area contributed by atoms with Crippen molar-refractivity contribution in [2.45, 2.75) is 24.3 Å². The fraction of sp³-hybridized carbons (Fsp3) is 0.692. The summed E-state index contributed by atoms with van der Waals surface area (Å²) < 4.78 is 37.9. The number of halogens is 1. The quantitative estimate of drug-likeness (QED) is 0.814. The number of hydrogen-bond acceptors (Lipinski definition) is 5. The van der Waals surface area contributed by atoms with E-state index in [4.69, 9.17) is 9.15 Å². The number of rotatable bonds is 6. The number of hydrogen-bond donors (Lipinski definition) is 1. The molecule has 6 nitrogen and oxygen atoms in total. The van der Waals surface area contributed by atoms with Gasteiger partial charge in [-0.15, -0.1) is 0 Å². The molecule has 21 heavy (non-hydrogen) atoms. The van der Waals surface area contributed by atoms with Crippen LogP contribution in [0.15, 0.2) is 20.0 Å². The maximum Gasteiger partial charge on any atom is 0.247 e. The minimum Gasteiger partial charge on any atom is -0.452 e. The summed E-state index contributed by atoms with van der Waals surface area (Å²) in [6.07, 6.45) is 1.85. The van der Waals surface area contributed by atoms with E-state index in [1.54, 1.807) is 20.2 Å². The van der Waals surface area contributed by atoms with Gasteiger partial charge >= 0.3 is 0 Å². The van der Waals surface area contributed by atoms with Crippen LogP contribution in [0.25, 0.3) is 0 Å². The zero-order valence-electron chi connectivity index (χ0n) is 12.3. The van der Waals surface area contributed by atoms with Crippen molar-refractivity contribution in [3.63, 3.8) is 0 Å². The number of sulfonamides is 1. The number of ether oxygens (including phenoxy) is 1. The number of nitrogens with one attached hydrogen (secondary N) is 1. The van der Waals surface area contributed by atoms with Gasteiger partial charge in [-0.3, -0.25) is 0 Å². The largest absolute Gasteiger partial charge is 0.452 e. The maximum atomic E-state index is 12.8. The van der Waals surface area contributed by atoms with Crippen molar-refractivity contribution >= 4 is 26.0 Å². The van der Waals surface area contributed by atoms with Gasteiger partial charge in [-0.2, -0.15) is 4.31 Å². The van der Waals surface area contributed by atoms with E-state index in [0.717, 1.165) is 12.8 Å². The molecule has 1 N–H and O–H groups in total. The van der Waals surface area contributed by atoms with Crippen LogP contribution < -0.4 is 5.32 Å². The van der Waals surface area contributed by atoms with Gasteiger partial charge in [0.2, 0.25) is 10.0 Å². The molecule has 0 bridgehead atoms. The van der Waals surface area contributed by atoms with Crippen molar-refractivity contribution in [3.05, 3.63) is 16.5 Å². The van der Waals surface area contributed by atoms with Crippen LogP contribution >= 0.6 is 15.9 Å². The second-order valence-corrected chi connectivity index (χ2v) is 7.83. The fourth-order valence-corrected chi connectivity index (χ4v) is 5.11. The summed E-state index contributed by atoms with van der Waals surface area (Å²) in [5.74, 6) is 0.842. The summed E-state index contributed by atoms with van der Waals surface area (Å²) in [6, 6.07) is 1.58. The van der Waals surface area contributed by atoms with Crippen LogP contribution in [0.1, 0.15) is 18.6 Å². The second kappa shape index (κ2) is 7.23. The molecular weight excluding hydrogens is 360 g/mol. The molecule has 1 aliphatic heterocycles. The summed E-state index contributed by atoms with van der Waals surface area (Å²) >= 11 is 3.21. The summed E-state index contributed by atoms with van der Waals surface area (Å²) in [5, 5.41) is 2.94. The summed E-state index contributed by atoms with van der Waals surface area (Å²) in [6.45, 7) is 2.11. The Labute approximate surface area is 134 Å².